The summed E-state index contributed by atoms with van der Waals surface area (Å²) in [7, 11) is 0. The van der Waals surface area contributed by atoms with Crippen molar-refractivity contribution in [1.29, 1.82) is 5.26 Å². The zero-order chi connectivity index (χ0) is 20.6. The largest absolute Gasteiger partial charge is 0.382 e. The lowest BCUT2D eigenvalue weighted by Gasteiger charge is -2.39. The van der Waals surface area contributed by atoms with E-state index in [4.69, 9.17) is 10.1 Å². The summed E-state index contributed by atoms with van der Waals surface area (Å²) < 4.78 is 1.98. The SMILES string of the molecule is N#C[C@]1(c2ccccc2)CC[C@](O)(c2nc(-c3ccccc3)n(CC3CC3)n2)CC1. The molecule has 0 amide bonds. The lowest BCUT2D eigenvalue weighted by Crippen LogP contribution is -2.39. The van der Waals surface area contributed by atoms with Gasteiger partial charge in [-0.15, -0.1) is 0 Å². The molecule has 1 heterocycles. The summed E-state index contributed by atoms with van der Waals surface area (Å²) >= 11 is 0. The zero-order valence-corrected chi connectivity index (χ0v) is 17.0. The van der Waals surface area contributed by atoms with E-state index in [1.165, 1.54) is 12.8 Å². The van der Waals surface area contributed by atoms with Crippen LogP contribution in [-0.2, 0) is 17.6 Å². The Kier molecular flexibility index (Phi) is 4.67. The molecule has 2 aliphatic carbocycles. The van der Waals surface area contributed by atoms with Gasteiger partial charge in [0.2, 0.25) is 0 Å². The van der Waals surface area contributed by atoms with Crippen molar-refractivity contribution in [3.8, 4) is 17.5 Å². The van der Waals surface area contributed by atoms with Crippen LogP contribution >= 0.6 is 0 Å². The summed E-state index contributed by atoms with van der Waals surface area (Å²) in [5, 5.41) is 26.3. The second-order valence-electron chi connectivity index (χ2n) is 8.84. The Morgan fingerprint density at radius 2 is 1.60 bits per heavy atom. The predicted molar refractivity (Wildman–Crippen MR) is 114 cm³/mol. The maximum atomic E-state index is 11.5. The summed E-state index contributed by atoms with van der Waals surface area (Å²) in [6.45, 7) is 0.847. The first-order valence-electron chi connectivity index (χ1n) is 10.8. The van der Waals surface area contributed by atoms with E-state index in [0.29, 0.717) is 37.4 Å². The molecule has 30 heavy (non-hydrogen) atoms. The monoisotopic (exact) mass is 398 g/mol. The Balaban J connectivity index is 1.44. The third-order valence-corrected chi connectivity index (χ3v) is 6.72. The fraction of sp³-hybridized carbons (Fsp3) is 0.400. The Morgan fingerprint density at radius 3 is 2.20 bits per heavy atom. The van der Waals surface area contributed by atoms with Crippen LogP contribution in [0, 0.1) is 17.2 Å². The first-order valence-corrected chi connectivity index (χ1v) is 10.8. The Hall–Kier alpha value is -2.97. The number of aliphatic hydroxyl groups is 1. The van der Waals surface area contributed by atoms with Gasteiger partial charge in [-0.1, -0.05) is 60.7 Å². The minimum absolute atomic E-state index is 0.483. The van der Waals surface area contributed by atoms with Crippen molar-refractivity contribution < 1.29 is 5.11 Å². The fourth-order valence-electron chi connectivity index (χ4n) is 4.55. The average Bonchev–Trinajstić information content (AvgIpc) is 3.52. The van der Waals surface area contributed by atoms with E-state index in [-0.39, 0.29) is 0 Å². The molecule has 0 saturated heterocycles. The van der Waals surface area contributed by atoms with Crippen LogP contribution in [0.4, 0.5) is 0 Å². The molecule has 3 aromatic rings. The smallest absolute Gasteiger partial charge is 0.182 e. The van der Waals surface area contributed by atoms with Gasteiger partial charge in [-0.3, -0.25) is 0 Å². The van der Waals surface area contributed by atoms with Crippen LogP contribution < -0.4 is 0 Å². The molecule has 152 valence electrons. The standard InChI is InChI=1S/C25H26N4O/c26-18-24(21-9-5-2-6-10-21)13-15-25(30,16-14-24)23-27-22(20-7-3-1-4-8-20)29(28-23)17-19-11-12-19/h1-10,19,30H,11-17H2/t24-,25+. The van der Waals surface area contributed by atoms with Gasteiger partial charge < -0.3 is 5.11 Å². The van der Waals surface area contributed by atoms with Gasteiger partial charge in [-0.25, -0.2) is 9.67 Å². The summed E-state index contributed by atoms with van der Waals surface area (Å²) in [4.78, 5) is 4.82. The first kappa shape index (κ1) is 19.0. The third-order valence-electron chi connectivity index (χ3n) is 6.72. The van der Waals surface area contributed by atoms with Crippen molar-refractivity contribution in [2.45, 2.75) is 56.1 Å². The highest BCUT2D eigenvalue weighted by molar-refractivity contribution is 5.55. The lowest BCUT2D eigenvalue weighted by molar-refractivity contribution is -0.0216. The van der Waals surface area contributed by atoms with Gasteiger partial charge in [-0.05, 0) is 50.0 Å². The molecule has 0 bridgehead atoms. The molecule has 0 unspecified atom stereocenters. The summed E-state index contributed by atoms with van der Waals surface area (Å²) in [6.07, 6.45) is 4.63. The number of hydrogen-bond donors (Lipinski definition) is 1. The van der Waals surface area contributed by atoms with Crippen molar-refractivity contribution in [1.82, 2.24) is 14.8 Å². The Labute approximate surface area is 177 Å². The molecule has 5 nitrogen and oxygen atoms in total. The Morgan fingerprint density at radius 1 is 0.967 bits per heavy atom. The fourth-order valence-corrected chi connectivity index (χ4v) is 4.55. The van der Waals surface area contributed by atoms with E-state index in [0.717, 1.165) is 23.5 Å². The second kappa shape index (κ2) is 7.37. The second-order valence-corrected chi connectivity index (χ2v) is 8.84. The van der Waals surface area contributed by atoms with Gasteiger partial charge >= 0.3 is 0 Å². The quantitative estimate of drug-likeness (QED) is 0.683. The van der Waals surface area contributed by atoms with Gasteiger partial charge in [0.1, 0.15) is 5.60 Å². The van der Waals surface area contributed by atoms with Gasteiger partial charge in [0.15, 0.2) is 11.6 Å². The van der Waals surface area contributed by atoms with E-state index in [2.05, 4.69) is 6.07 Å². The van der Waals surface area contributed by atoms with Crippen LogP contribution in [0.25, 0.3) is 11.4 Å². The molecule has 2 aliphatic rings. The third kappa shape index (κ3) is 3.42. The van der Waals surface area contributed by atoms with Crippen molar-refractivity contribution in [2.75, 3.05) is 0 Å². The number of benzene rings is 2. The van der Waals surface area contributed by atoms with Crippen LogP contribution in [0.5, 0.6) is 0 Å². The van der Waals surface area contributed by atoms with Crippen LogP contribution in [-0.4, -0.2) is 19.9 Å². The molecular weight excluding hydrogens is 372 g/mol. The number of nitrogens with zero attached hydrogens (tertiary/aromatic N) is 4. The van der Waals surface area contributed by atoms with E-state index in [9.17, 15) is 10.4 Å². The van der Waals surface area contributed by atoms with Gasteiger partial charge in [0, 0.05) is 12.1 Å². The number of aromatic nitrogens is 3. The van der Waals surface area contributed by atoms with Crippen LogP contribution in [0.15, 0.2) is 60.7 Å². The molecule has 2 fully saturated rings. The maximum absolute atomic E-state index is 11.5. The minimum Gasteiger partial charge on any atom is -0.382 e. The summed E-state index contributed by atoms with van der Waals surface area (Å²) in [5.74, 6) is 1.99. The van der Waals surface area contributed by atoms with E-state index in [1.807, 2.05) is 65.3 Å². The number of rotatable bonds is 5. The van der Waals surface area contributed by atoms with Gasteiger partial charge in [0.25, 0.3) is 0 Å². The van der Waals surface area contributed by atoms with Gasteiger partial charge in [-0.2, -0.15) is 10.4 Å². The molecule has 1 N–H and O–H groups in total. The van der Waals surface area contributed by atoms with Crippen molar-refractivity contribution in [3.05, 3.63) is 72.1 Å². The van der Waals surface area contributed by atoms with Crippen LogP contribution in [0.3, 0.4) is 0 Å². The molecule has 2 saturated carbocycles. The molecule has 5 heteroatoms. The van der Waals surface area contributed by atoms with Gasteiger partial charge in [0.05, 0.1) is 11.5 Å². The van der Waals surface area contributed by atoms with Crippen molar-refractivity contribution in [2.24, 2.45) is 5.92 Å². The molecule has 5 rings (SSSR count). The van der Waals surface area contributed by atoms with E-state index in [1.54, 1.807) is 0 Å². The topological polar surface area (TPSA) is 74.7 Å². The highest BCUT2D eigenvalue weighted by Gasteiger charge is 2.46. The van der Waals surface area contributed by atoms with E-state index >= 15 is 0 Å². The minimum atomic E-state index is -1.09. The highest BCUT2D eigenvalue weighted by Crippen LogP contribution is 2.46. The molecule has 0 aliphatic heterocycles. The van der Waals surface area contributed by atoms with Crippen molar-refractivity contribution >= 4 is 0 Å². The molecule has 1 aromatic heterocycles. The van der Waals surface area contributed by atoms with Crippen LogP contribution in [0.1, 0.15) is 49.9 Å². The summed E-state index contributed by atoms with van der Waals surface area (Å²) in [6, 6.07) is 22.6. The first-order chi connectivity index (χ1) is 14.6. The highest BCUT2D eigenvalue weighted by atomic mass is 16.3. The summed E-state index contributed by atoms with van der Waals surface area (Å²) in [5.41, 5.74) is 0.415. The molecule has 2 aromatic carbocycles. The number of hydrogen-bond acceptors (Lipinski definition) is 4. The molecule has 0 atom stereocenters. The maximum Gasteiger partial charge on any atom is 0.182 e. The molecule has 0 radical (unpaired) electrons. The van der Waals surface area contributed by atoms with E-state index < -0.39 is 11.0 Å². The van der Waals surface area contributed by atoms with Crippen LogP contribution in [0.2, 0.25) is 0 Å². The average molecular weight is 399 g/mol. The molecular formula is C25H26N4O. The zero-order valence-electron chi connectivity index (χ0n) is 17.0. The van der Waals surface area contributed by atoms with Crippen molar-refractivity contribution in [3.63, 3.8) is 0 Å². The normalized spacial score (nSPS) is 26.3. The Bertz CT molecular complexity index is 1060. The molecule has 0 spiro atoms. The number of nitriles is 1. The lowest BCUT2D eigenvalue weighted by atomic mass is 9.66. The predicted octanol–water partition coefficient (Wildman–Crippen LogP) is 4.58.